The van der Waals surface area contributed by atoms with E-state index in [2.05, 4.69) is 28.0 Å². The zero-order valence-corrected chi connectivity index (χ0v) is 13.8. The van der Waals surface area contributed by atoms with Crippen LogP contribution in [0.15, 0.2) is 30.3 Å². The second-order valence-electron chi connectivity index (χ2n) is 3.80. The number of nitrogens with one attached hydrogen (secondary N) is 1. The van der Waals surface area contributed by atoms with Gasteiger partial charge in [0.2, 0.25) is 0 Å². The van der Waals surface area contributed by atoms with Crippen molar-refractivity contribution < 1.29 is 0 Å². The highest BCUT2D eigenvalue weighted by atomic mass is 127. The van der Waals surface area contributed by atoms with Crippen LogP contribution in [-0.4, -0.2) is 0 Å². The van der Waals surface area contributed by atoms with Gasteiger partial charge in [-0.2, -0.15) is 0 Å². The molecule has 1 atom stereocenters. The number of halogens is 3. The number of hydrogen-bond donors (Lipinski definition) is 2. The van der Waals surface area contributed by atoms with Crippen molar-refractivity contribution in [3.8, 4) is 0 Å². The summed E-state index contributed by atoms with van der Waals surface area (Å²) in [5.74, 6) is 5.65. The molecule has 0 saturated heterocycles. The SMILES string of the molecule is NNC(Cc1ccc(Cl)s1)c1cc(Cl)ccc1I. The lowest BCUT2D eigenvalue weighted by Gasteiger charge is -2.17. The van der Waals surface area contributed by atoms with E-state index in [1.165, 1.54) is 4.88 Å². The Bertz CT molecular complexity index is 545. The highest BCUT2D eigenvalue weighted by molar-refractivity contribution is 14.1. The second kappa shape index (κ2) is 6.54. The predicted octanol–water partition coefficient (Wildman–Crippen LogP) is 4.41. The molecule has 3 N–H and O–H groups in total. The molecule has 0 aliphatic carbocycles. The summed E-state index contributed by atoms with van der Waals surface area (Å²) in [5, 5.41) is 0.717. The van der Waals surface area contributed by atoms with E-state index in [9.17, 15) is 0 Å². The first-order chi connectivity index (χ1) is 8.60. The molecule has 0 bridgehead atoms. The molecule has 2 rings (SSSR count). The smallest absolute Gasteiger partial charge is 0.0931 e. The molecule has 2 nitrogen and oxygen atoms in total. The second-order valence-corrected chi connectivity index (χ2v) is 7.19. The first kappa shape index (κ1) is 14.6. The molecule has 0 fully saturated rings. The summed E-state index contributed by atoms with van der Waals surface area (Å²) in [6.45, 7) is 0. The largest absolute Gasteiger partial charge is 0.271 e. The van der Waals surface area contributed by atoms with Crippen molar-refractivity contribution >= 4 is 57.1 Å². The van der Waals surface area contributed by atoms with Gasteiger partial charge < -0.3 is 0 Å². The lowest BCUT2D eigenvalue weighted by molar-refractivity contribution is 0.553. The summed E-state index contributed by atoms with van der Waals surface area (Å²) in [6.07, 6.45) is 0.796. The Morgan fingerprint density at radius 2 is 2.06 bits per heavy atom. The van der Waals surface area contributed by atoms with E-state index in [4.69, 9.17) is 29.0 Å². The van der Waals surface area contributed by atoms with E-state index in [1.807, 2.05) is 30.3 Å². The maximum absolute atomic E-state index is 6.03. The molecule has 6 heteroatoms. The molecule has 1 aromatic heterocycles. The van der Waals surface area contributed by atoms with Gasteiger partial charge in [-0.3, -0.25) is 11.3 Å². The zero-order valence-electron chi connectivity index (χ0n) is 9.29. The van der Waals surface area contributed by atoms with Crippen molar-refractivity contribution in [2.45, 2.75) is 12.5 Å². The Kier molecular flexibility index (Phi) is 5.29. The molecule has 0 spiro atoms. The van der Waals surface area contributed by atoms with Gasteiger partial charge in [-0.1, -0.05) is 23.2 Å². The maximum atomic E-state index is 6.03. The Morgan fingerprint density at radius 3 is 2.67 bits per heavy atom. The summed E-state index contributed by atoms with van der Waals surface area (Å²) in [4.78, 5) is 1.19. The lowest BCUT2D eigenvalue weighted by atomic mass is 10.0. The van der Waals surface area contributed by atoms with Crippen LogP contribution >= 0.6 is 57.1 Å². The third-order valence-corrected chi connectivity index (χ3v) is 5.04. The Balaban J connectivity index is 2.25. The highest BCUT2D eigenvalue weighted by Crippen LogP contribution is 2.29. The monoisotopic (exact) mass is 412 g/mol. The van der Waals surface area contributed by atoms with Crippen molar-refractivity contribution in [3.05, 3.63) is 53.7 Å². The van der Waals surface area contributed by atoms with Gasteiger partial charge in [-0.25, -0.2) is 0 Å². The summed E-state index contributed by atoms with van der Waals surface area (Å²) < 4.78 is 1.93. The number of benzene rings is 1. The van der Waals surface area contributed by atoms with Crippen LogP contribution in [0.3, 0.4) is 0 Å². The molecular formula is C12H11Cl2IN2S. The summed E-state index contributed by atoms with van der Waals surface area (Å²) in [6, 6.07) is 9.77. The van der Waals surface area contributed by atoms with Crippen LogP contribution in [0.1, 0.15) is 16.5 Å². The van der Waals surface area contributed by atoms with Crippen LogP contribution < -0.4 is 11.3 Å². The molecule has 0 aliphatic rings. The lowest BCUT2D eigenvalue weighted by Crippen LogP contribution is -2.30. The van der Waals surface area contributed by atoms with Gasteiger partial charge in [-0.15, -0.1) is 11.3 Å². The fraction of sp³-hybridized carbons (Fsp3) is 0.167. The maximum Gasteiger partial charge on any atom is 0.0931 e. The molecule has 18 heavy (non-hydrogen) atoms. The molecule has 1 aromatic carbocycles. The molecule has 2 aromatic rings. The van der Waals surface area contributed by atoms with Gasteiger partial charge in [0.25, 0.3) is 0 Å². The third kappa shape index (κ3) is 3.59. The van der Waals surface area contributed by atoms with Crippen LogP contribution in [-0.2, 0) is 6.42 Å². The number of rotatable bonds is 4. The van der Waals surface area contributed by atoms with Crippen molar-refractivity contribution in [1.82, 2.24) is 5.43 Å². The van der Waals surface area contributed by atoms with Crippen LogP contribution in [0.5, 0.6) is 0 Å². The third-order valence-electron chi connectivity index (χ3n) is 2.57. The first-order valence-corrected chi connectivity index (χ1v) is 7.90. The van der Waals surface area contributed by atoms with Crippen LogP contribution in [0.4, 0.5) is 0 Å². The van der Waals surface area contributed by atoms with Crippen molar-refractivity contribution in [1.29, 1.82) is 0 Å². The standard InChI is InChI=1S/C12H11Cl2IN2S/c13-7-1-3-10(15)9(5-7)11(17-16)6-8-2-4-12(14)18-8/h1-5,11,17H,6,16H2. The Hall–Kier alpha value is 0.150. The minimum absolute atomic E-state index is 0.0327. The van der Waals surface area contributed by atoms with Gasteiger partial charge in [-0.05, 0) is 58.5 Å². The quantitative estimate of drug-likeness (QED) is 0.443. The topological polar surface area (TPSA) is 38.0 Å². The number of hydrogen-bond acceptors (Lipinski definition) is 3. The van der Waals surface area contributed by atoms with E-state index in [-0.39, 0.29) is 6.04 Å². The van der Waals surface area contributed by atoms with Crippen molar-refractivity contribution in [2.24, 2.45) is 5.84 Å². The summed E-state index contributed by atoms with van der Waals surface area (Å²) >= 11 is 15.8. The van der Waals surface area contributed by atoms with Gasteiger partial charge in [0.15, 0.2) is 0 Å². The highest BCUT2D eigenvalue weighted by Gasteiger charge is 2.15. The molecule has 0 saturated carbocycles. The molecule has 0 radical (unpaired) electrons. The van der Waals surface area contributed by atoms with E-state index in [0.717, 1.165) is 24.9 Å². The fourth-order valence-electron chi connectivity index (χ4n) is 1.70. The minimum atomic E-state index is 0.0327. The van der Waals surface area contributed by atoms with Crippen molar-refractivity contribution in [3.63, 3.8) is 0 Å². The Morgan fingerprint density at radius 1 is 1.28 bits per heavy atom. The molecule has 1 unspecified atom stereocenters. The van der Waals surface area contributed by atoms with E-state index < -0.39 is 0 Å². The number of hydrazine groups is 1. The van der Waals surface area contributed by atoms with Crippen LogP contribution in [0.25, 0.3) is 0 Å². The van der Waals surface area contributed by atoms with Gasteiger partial charge in [0, 0.05) is 19.9 Å². The Labute approximate surface area is 134 Å². The molecule has 0 aliphatic heterocycles. The van der Waals surface area contributed by atoms with Gasteiger partial charge in [0.05, 0.1) is 10.4 Å². The average molecular weight is 413 g/mol. The minimum Gasteiger partial charge on any atom is -0.271 e. The van der Waals surface area contributed by atoms with E-state index in [1.54, 1.807) is 11.3 Å². The van der Waals surface area contributed by atoms with Gasteiger partial charge >= 0.3 is 0 Å². The number of thiophene rings is 1. The summed E-state index contributed by atoms with van der Waals surface area (Å²) in [7, 11) is 0. The molecule has 96 valence electrons. The fourth-order valence-corrected chi connectivity index (χ4v) is 3.73. The van der Waals surface area contributed by atoms with E-state index in [0.29, 0.717) is 0 Å². The predicted molar refractivity (Wildman–Crippen MR) is 87.3 cm³/mol. The van der Waals surface area contributed by atoms with Crippen LogP contribution in [0.2, 0.25) is 9.36 Å². The molecule has 0 amide bonds. The van der Waals surface area contributed by atoms with E-state index >= 15 is 0 Å². The van der Waals surface area contributed by atoms with Crippen molar-refractivity contribution in [2.75, 3.05) is 0 Å². The van der Waals surface area contributed by atoms with Crippen LogP contribution in [0, 0.1) is 3.57 Å². The number of nitrogens with two attached hydrogens (primary N) is 1. The average Bonchev–Trinajstić information content (AvgIpc) is 2.75. The zero-order chi connectivity index (χ0) is 13.1. The first-order valence-electron chi connectivity index (χ1n) is 5.25. The van der Waals surface area contributed by atoms with Gasteiger partial charge in [0.1, 0.15) is 0 Å². The normalized spacial score (nSPS) is 12.7. The molecular weight excluding hydrogens is 402 g/mol. The summed E-state index contributed by atoms with van der Waals surface area (Å²) in [5.41, 5.74) is 3.95. The molecule has 1 heterocycles.